The van der Waals surface area contributed by atoms with Crippen LogP contribution in [0.25, 0.3) is 0 Å². The van der Waals surface area contributed by atoms with Gasteiger partial charge in [0.05, 0.1) is 0 Å². The topological polar surface area (TPSA) is 35.0 Å². The Kier molecular flexibility index (Phi) is 8.77. The van der Waals surface area contributed by atoms with Gasteiger partial charge in [-0.05, 0) is 0 Å². The molecule has 0 bridgehead atoms. The van der Waals surface area contributed by atoms with Crippen LogP contribution in [0.3, 0.4) is 0 Å². The van der Waals surface area contributed by atoms with Gasteiger partial charge in [0.15, 0.2) is 0 Å². The highest BCUT2D eigenvalue weighted by molar-refractivity contribution is 8.93. The third-order valence-electron chi connectivity index (χ3n) is 1.000. The molecule has 1 saturated carbocycles. The fourth-order valence-corrected chi connectivity index (χ4v) is 0.250. The van der Waals surface area contributed by atoms with Gasteiger partial charge in [-0.2, -0.15) is 0 Å². The summed E-state index contributed by atoms with van der Waals surface area (Å²) < 4.78 is 0. The smallest absolute Gasteiger partial charge is 0.0533 e. The third kappa shape index (κ3) is 2.67. The molecule has 0 unspecified atom stereocenters. The summed E-state index contributed by atoms with van der Waals surface area (Å²) in [5.74, 6) is 0. The van der Waals surface area contributed by atoms with Gasteiger partial charge in [0, 0.05) is 0 Å². The first-order chi connectivity index (χ1) is 2.00. The Morgan fingerprint density at radius 1 is 0.667 bits per heavy atom. The minimum atomic E-state index is 0. The second-order valence-electron chi connectivity index (χ2n) is 1.41. The van der Waals surface area contributed by atoms with Crippen LogP contribution in [0.4, 0.5) is 0 Å². The van der Waals surface area contributed by atoms with Crippen LogP contribution in [-0.2, 0) is 0 Å². The van der Waals surface area contributed by atoms with Crippen LogP contribution < -0.4 is 6.15 Å². The molecule has 1 nitrogen and oxygen atoms in total. The normalized spacial score (nSPS) is 16.0. The standard InChI is InChI=1S/C4H8.BrH.H3N/c1-2-4-3-1;;/h1-4H2;1H;1H3. The molecule has 0 amide bonds. The molecule has 0 spiro atoms. The van der Waals surface area contributed by atoms with Crippen LogP contribution in [0.1, 0.15) is 25.7 Å². The molecule has 1 aliphatic rings. The summed E-state index contributed by atoms with van der Waals surface area (Å²) >= 11 is 0. The maximum Gasteiger partial charge on any atom is -0.0533 e. The van der Waals surface area contributed by atoms with E-state index in [9.17, 15) is 0 Å². The zero-order chi connectivity index (χ0) is 2.83. The van der Waals surface area contributed by atoms with E-state index in [2.05, 4.69) is 0 Å². The highest BCUT2D eigenvalue weighted by Gasteiger charge is 1.95. The Morgan fingerprint density at radius 2 is 0.833 bits per heavy atom. The molecular weight excluding hydrogens is 142 g/mol. The van der Waals surface area contributed by atoms with Crippen LogP contribution in [-0.4, -0.2) is 0 Å². The largest absolute Gasteiger partial charge is 0.344 e. The van der Waals surface area contributed by atoms with E-state index in [4.69, 9.17) is 0 Å². The predicted octanol–water partition coefficient (Wildman–Crippen LogP) is 2.30. The summed E-state index contributed by atoms with van der Waals surface area (Å²) in [6, 6.07) is 0. The van der Waals surface area contributed by atoms with E-state index in [1.54, 1.807) is 0 Å². The predicted molar refractivity (Wildman–Crippen MR) is 33.8 cm³/mol. The molecule has 1 aliphatic carbocycles. The van der Waals surface area contributed by atoms with Crippen LogP contribution in [0.15, 0.2) is 0 Å². The minimum absolute atomic E-state index is 0. The van der Waals surface area contributed by atoms with Gasteiger partial charge in [0.2, 0.25) is 0 Å². The summed E-state index contributed by atoms with van der Waals surface area (Å²) in [5.41, 5.74) is 0. The van der Waals surface area contributed by atoms with E-state index in [1.165, 1.54) is 25.7 Å². The van der Waals surface area contributed by atoms with E-state index in [0.717, 1.165) is 0 Å². The fourth-order valence-electron chi connectivity index (χ4n) is 0.250. The fraction of sp³-hybridized carbons (Fsp3) is 1.00. The molecule has 1 fully saturated rings. The lowest BCUT2D eigenvalue weighted by Crippen LogP contribution is -1.85. The molecule has 0 aromatic carbocycles. The van der Waals surface area contributed by atoms with Crippen molar-refractivity contribution >= 4 is 17.0 Å². The zero-order valence-corrected chi connectivity index (χ0v) is 5.66. The molecule has 3 N–H and O–H groups in total. The van der Waals surface area contributed by atoms with Crippen LogP contribution in [0.5, 0.6) is 0 Å². The van der Waals surface area contributed by atoms with Crippen molar-refractivity contribution in [2.75, 3.05) is 0 Å². The second-order valence-corrected chi connectivity index (χ2v) is 1.41. The average molecular weight is 154 g/mol. The minimum Gasteiger partial charge on any atom is -0.344 e. The number of rotatable bonds is 0. The first-order valence-corrected chi connectivity index (χ1v) is 2.00. The Balaban J connectivity index is 0. The van der Waals surface area contributed by atoms with E-state index in [1.807, 2.05) is 0 Å². The van der Waals surface area contributed by atoms with E-state index in [0.29, 0.717) is 0 Å². The van der Waals surface area contributed by atoms with Gasteiger partial charge in [0.25, 0.3) is 0 Å². The van der Waals surface area contributed by atoms with Crippen molar-refractivity contribution < 1.29 is 0 Å². The summed E-state index contributed by atoms with van der Waals surface area (Å²) in [5, 5.41) is 0. The zero-order valence-electron chi connectivity index (χ0n) is 3.94. The first-order valence-electron chi connectivity index (χ1n) is 2.00. The highest BCUT2D eigenvalue weighted by Crippen LogP contribution is 2.15. The van der Waals surface area contributed by atoms with Gasteiger partial charge in [-0.15, -0.1) is 17.0 Å². The van der Waals surface area contributed by atoms with Crippen LogP contribution >= 0.6 is 17.0 Å². The van der Waals surface area contributed by atoms with Gasteiger partial charge >= 0.3 is 0 Å². The van der Waals surface area contributed by atoms with Gasteiger partial charge in [-0.25, -0.2) is 0 Å². The second kappa shape index (κ2) is 5.44. The van der Waals surface area contributed by atoms with Crippen LogP contribution in [0.2, 0.25) is 0 Å². The van der Waals surface area contributed by atoms with Crippen molar-refractivity contribution in [3.63, 3.8) is 0 Å². The van der Waals surface area contributed by atoms with E-state index < -0.39 is 0 Å². The van der Waals surface area contributed by atoms with Gasteiger partial charge in [-0.3, -0.25) is 0 Å². The molecule has 0 atom stereocenters. The van der Waals surface area contributed by atoms with Crippen molar-refractivity contribution in [2.45, 2.75) is 25.7 Å². The number of halogens is 1. The molecule has 6 heavy (non-hydrogen) atoms. The summed E-state index contributed by atoms with van der Waals surface area (Å²) in [6.07, 6.45) is 6.00. The molecule has 40 valence electrons. The van der Waals surface area contributed by atoms with E-state index in [-0.39, 0.29) is 23.1 Å². The van der Waals surface area contributed by atoms with Gasteiger partial charge in [-0.1, -0.05) is 25.7 Å². The van der Waals surface area contributed by atoms with Crippen molar-refractivity contribution in [2.24, 2.45) is 0 Å². The molecular formula is C4H12BrN. The average Bonchev–Trinajstić information content (AvgIpc) is 0.722. The molecule has 0 aliphatic heterocycles. The summed E-state index contributed by atoms with van der Waals surface area (Å²) in [7, 11) is 0. The number of hydrogen-bond acceptors (Lipinski definition) is 1. The van der Waals surface area contributed by atoms with Crippen LogP contribution in [0, 0.1) is 0 Å². The van der Waals surface area contributed by atoms with Crippen molar-refractivity contribution in [1.82, 2.24) is 6.15 Å². The Hall–Kier alpha value is 0.440. The summed E-state index contributed by atoms with van der Waals surface area (Å²) in [6.45, 7) is 0. The first kappa shape index (κ1) is 9.67. The third-order valence-corrected chi connectivity index (χ3v) is 1.000. The van der Waals surface area contributed by atoms with Gasteiger partial charge in [0.1, 0.15) is 0 Å². The van der Waals surface area contributed by atoms with Crippen molar-refractivity contribution in [1.29, 1.82) is 0 Å². The quantitative estimate of drug-likeness (QED) is 0.570. The van der Waals surface area contributed by atoms with Crippen molar-refractivity contribution in [3.8, 4) is 0 Å². The van der Waals surface area contributed by atoms with Gasteiger partial charge < -0.3 is 6.15 Å². The maximum absolute atomic E-state index is 1.50. The molecule has 0 radical (unpaired) electrons. The lowest BCUT2D eigenvalue weighted by Gasteiger charge is -2.05. The maximum atomic E-state index is 1.50. The molecule has 0 saturated heterocycles. The lowest BCUT2D eigenvalue weighted by molar-refractivity contribution is 0.504. The monoisotopic (exact) mass is 153 g/mol. The lowest BCUT2D eigenvalue weighted by atomic mass is 10.0. The Labute approximate surface area is 49.5 Å². The summed E-state index contributed by atoms with van der Waals surface area (Å²) in [4.78, 5) is 0. The molecule has 1 rings (SSSR count). The van der Waals surface area contributed by atoms with E-state index >= 15 is 0 Å². The SMILES string of the molecule is Br.C1CCC1.N. The molecule has 0 heterocycles. The molecule has 0 aromatic heterocycles. The molecule has 2 heteroatoms. The Morgan fingerprint density at radius 3 is 0.833 bits per heavy atom. The highest BCUT2D eigenvalue weighted by atomic mass is 79.9. The number of hydrogen-bond donors (Lipinski definition) is 1. The molecule has 0 aromatic rings. The van der Waals surface area contributed by atoms with Crippen molar-refractivity contribution in [3.05, 3.63) is 0 Å². The Bertz CT molecular complexity index is 15.5.